The van der Waals surface area contributed by atoms with Crippen LogP contribution in [-0.4, -0.2) is 25.0 Å². The largest absolute Gasteiger partial charge is 0.494 e. The van der Waals surface area contributed by atoms with Crippen molar-refractivity contribution in [1.82, 2.24) is 10.9 Å². The molecule has 0 saturated heterocycles. The Kier molecular flexibility index (Phi) is 9.57. The molecule has 3 rings (SSSR count). The molecule has 0 radical (unpaired) electrons. The normalized spacial score (nSPS) is 10.6. The van der Waals surface area contributed by atoms with Gasteiger partial charge in [-0.1, -0.05) is 54.2 Å². The molecule has 174 valence electrons. The van der Waals surface area contributed by atoms with Gasteiger partial charge in [-0.3, -0.25) is 20.4 Å². The number of ether oxygens (including phenoxy) is 2. The highest BCUT2D eigenvalue weighted by atomic mass is 79.9. The predicted octanol–water partition coefficient (Wildman–Crippen LogP) is 6.16. The molecule has 6 nitrogen and oxygen atoms in total. The molecule has 0 heterocycles. The van der Waals surface area contributed by atoms with Crippen molar-refractivity contribution in [2.24, 2.45) is 0 Å². The monoisotopic (exact) mass is 576 g/mol. The highest BCUT2D eigenvalue weighted by molar-refractivity contribution is 9.11. The van der Waals surface area contributed by atoms with E-state index >= 15 is 0 Å². The van der Waals surface area contributed by atoms with E-state index in [0.717, 1.165) is 32.6 Å². The minimum absolute atomic E-state index is 0.244. The number of halogens is 2. The molecule has 2 amide bonds. The molecule has 0 aliphatic rings. The highest BCUT2D eigenvalue weighted by Crippen LogP contribution is 2.34. The zero-order valence-electron chi connectivity index (χ0n) is 18.3. The van der Waals surface area contributed by atoms with Crippen molar-refractivity contribution < 1.29 is 19.1 Å². The SMILES string of the molecule is CCCCCCOc1ccc(C(=O)NNC(=O)COc2ccc3cc(Br)ccc3c2Br)cc1. The quantitative estimate of drug-likeness (QED) is 0.223. The summed E-state index contributed by atoms with van der Waals surface area (Å²) >= 11 is 6.98. The summed E-state index contributed by atoms with van der Waals surface area (Å²) < 4.78 is 13.0. The first-order chi connectivity index (χ1) is 16.0. The maximum absolute atomic E-state index is 12.3. The first kappa shape index (κ1) is 25.1. The zero-order chi connectivity index (χ0) is 23.6. The van der Waals surface area contributed by atoms with Gasteiger partial charge >= 0.3 is 0 Å². The number of hydrogen-bond acceptors (Lipinski definition) is 4. The Labute approximate surface area is 210 Å². The number of carbonyl (C=O) groups is 2. The third kappa shape index (κ3) is 7.47. The first-order valence-electron chi connectivity index (χ1n) is 10.8. The van der Waals surface area contributed by atoms with E-state index in [-0.39, 0.29) is 6.61 Å². The first-order valence-corrected chi connectivity index (χ1v) is 12.4. The van der Waals surface area contributed by atoms with Crippen LogP contribution in [0.3, 0.4) is 0 Å². The Morgan fingerprint density at radius 1 is 0.879 bits per heavy atom. The van der Waals surface area contributed by atoms with Gasteiger partial charge in [0.1, 0.15) is 11.5 Å². The van der Waals surface area contributed by atoms with Gasteiger partial charge in [0.15, 0.2) is 6.61 Å². The van der Waals surface area contributed by atoms with E-state index in [1.165, 1.54) is 12.8 Å². The van der Waals surface area contributed by atoms with Crippen LogP contribution in [0.1, 0.15) is 43.0 Å². The second kappa shape index (κ2) is 12.6. The average molecular weight is 578 g/mol. The molecule has 0 aliphatic carbocycles. The molecular weight excluding hydrogens is 552 g/mol. The number of rotatable bonds is 10. The Morgan fingerprint density at radius 2 is 1.67 bits per heavy atom. The Hall–Kier alpha value is -2.58. The second-order valence-electron chi connectivity index (χ2n) is 7.47. The number of benzene rings is 3. The molecule has 33 heavy (non-hydrogen) atoms. The van der Waals surface area contributed by atoms with Crippen molar-refractivity contribution in [2.75, 3.05) is 13.2 Å². The van der Waals surface area contributed by atoms with E-state index in [2.05, 4.69) is 49.6 Å². The summed E-state index contributed by atoms with van der Waals surface area (Å²) in [6.07, 6.45) is 4.55. The fourth-order valence-electron chi connectivity index (χ4n) is 3.15. The maximum atomic E-state index is 12.3. The molecule has 3 aromatic rings. The molecule has 0 bridgehead atoms. The van der Waals surface area contributed by atoms with Gasteiger partial charge in [0.2, 0.25) is 0 Å². The van der Waals surface area contributed by atoms with Crippen molar-refractivity contribution in [3.05, 3.63) is 69.1 Å². The van der Waals surface area contributed by atoms with Crippen molar-refractivity contribution >= 4 is 54.4 Å². The molecule has 0 aliphatic heterocycles. The smallest absolute Gasteiger partial charge is 0.276 e. The van der Waals surface area contributed by atoms with Crippen molar-refractivity contribution in [2.45, 2.75) is 32.6 Å². The van der Waals surface area contributed by atoms with Crippen LogP contribution in [0.2, 0.25) is 0 Å². The Morgan fingerprint density at radius 3 is 2.42 bits per heavy atom. The lowest BCUT2D eigenvalue weighted by Crippen LogP contribution is -2.43. The second-order valence-corrected chi connectivity index (χ2v) is 9.18. The molecular formula is C25H26Br2N2O4. The van der Waals surface area contributed by atoms with E-state index in [1.54, 1.807) is 30.3 Å². The Balaban J connectivity index is 1.44. The number of carbonyl (C=O) groups excluding carboxylic acids is 2. The summed E-state index contributed by atoms with van der Waals surface area (Å²) in [5, 5.41) is 2.01. The number of fused-ring (bicyclic) bond motifs is 1. The third-order valence-electron chi connectivity index (χ3n) is 4.94. The lowest BCUT2D eigenvalue weighted by molar-refractivity contribution is -0.123. The molecule has 0 aromatic heterocycles. The van der Waals surface area contributed by atoms with Gasteiger partial charge in [-0.15, -0.1) is 0 Å². The molecule has 0 unspecified atom stereocenters. The van der Waals surface area contributed by atoms with Crippen LogP contribution in [0.25, 0.3) is 10.8 Å². The summed E-state index contributed by atoms with van der Waals surface area (Å²) in [6, 6.07) is 16.4. The summed E-state index contributed by atoms with van der Waals surface area (Å²) in [4.78, 5) is 24.4. The van der Waals surface area contributed by atoms with Crippen LogP contribution in [0.5, 0.6) is 11.5 Å². The fourth-order valence-corrected chi connectivity index (χ4v) is 4.14. The zero-order valence-corrected chi connectivity index (χ0v) is 21.5. The summed E-state index contributed by atoms with van der Waals surface area (Å²) in [5.74, 6) is 0.360. The van der Waals surface area contributed by atoms with Gasteiger partial charge in [0, 0.05) is 10.0 Å². The van der Waals surface area contributed by atoms with Gasteiger partial charge in [-0.05, 0) is 75.6 Å². The molecule has 3 aromatic carbocycles. The number of nitrogens with one attached hydrogen (secondary N) is 2. The minimum atomic E-state index is -0.474. The van der Waals surface area contributed by atoms with Crippen LogP contribution in [0.4, 0.5) is 0 Å². The number of unbranched alkanes of at least 4 members (excludes halogenated alkanes) is 3. The molecule has 0 fully saturated rings. The number of hydrazine groups is 1. The van der Waals surface area contributed by atoms with E-state index in [0.29, 0.717) is 23.7 Å². The van der Waals surface area contributed by atoms with Crippen LogP contribution in [0, 0.1) is 0 Å². The minimum Gasteiger partial charge on any atom is -0.494 e. The lowest BCUT2D eigenvalue weighted by atomic mass is 10.1. The van der Waals surface area contributed by atoms with Crippen LogP contribution in [0.15, 0.2) is 63.5 Å². The van der Waals surface area contributed by atoms with E-state index in [4.69, 9.17) is 9.47 Å². The Bertz CT molecular complexity index is 1100. The van der Waals surface area contributed by atoms with E-state index < -0.39 is 11.8 Å². The van der Waals surface area contributed by atoms with Gasteiger partial charge in [-0.2, -0.15) is 0 Å². The van der Waals surface area contributed by atoms with Crippen molar-refractivity contribution in [3.63, 3.8) is 0 Å². The maximum Gasteiger partial charge on any atom is 0.276 e. The van der Waals surface area contributed by atoms with Crippen LogP contribution >= 0.6 is 31.9 Å². The summed E-state index contributed by atoms with van der Waals surface area (Å²) in [7, 11) is 0. The fraction of sp³-hybridized carbons (Fsp3) is 0.280. The van der Waals surface area contributed by atoms with E-state index in [1.807, 2.05) is 24.3 Å². The van der Waals surface area contributed by atoms with Gasteiger partial charge in [-0.25, -0.2) is 0 Å². The molecule has 0 spiro atoms. The topological polar surface area (TPSA) is 76.7 Å². The van der Waals surface area contributed by atoms with Crippen LogP contribution in [-0.2, 0) is 4.79 Å². The number of amides is 2. The predicted molar refractivity (Wildman–Crippen MR) is 137 cm³/mol. The summed E-state index contributed by atoms with van der Waals surface area (Å²) in [6.45, 7) is 2.58. The van der Waals surface area contributed by atoms with Crippen LogP contribution < -0.4 is 20.3 Å². The lowest BCUT2D eigenvalue weighted by Gasteiger charge is -2.12. The standard InChI is InChI=1S/C25H26Br2N2O4/c1-2-3-4-5-14-32-20-10-6-17(7-11-20)25(31)29-28-23(30)16-33-22-13-8-18-15-19(26)9-12-21(18)24(22)27/h6-13,15H,2-5,14,16H2,1H3,(H,28,30)(H,29,31). The van der Waals surface area contributed by atoms with Crippen molar-refractivity contribution in [3.8, 4) is 11.5 Å². The number of hydrogen-bond donors (Lipinski definition) is 2. The molecule has 0 atom stereocenters. The molecule has 2 N–H and O–H groups in total. The van der Waals surface area contributed by atoms with Gasteiger partial charge < -0.3 is 9.47 Å². The third-order valence-corrected chi connectivity index (χ3v) is 6.25. The summed E-state index contributed by atoms with van der Waals surface area (Å²) in [5.41, 5.74) is 5.18. The van der Waals surface area contributed by atoms with Gasteiger partial charge in [0.05, 0.1) is 11.1 Å². The van der Waals surface area contributed by atoms with Crippen molar-refractivity contribution in [1.29, 1.82) is 0 Å². The molecule has 8 heteroatoms. The van der Waals surface area contributed by atoms with Gasteiger partial charge in [0.25, 0.3) is 11.8 Å². The average Bonchev–Trinajstić information content (AvgIpc) is 2.82. The molecule has 0 saturated carbocycles. The highest BCUT2D eigenvalue weighted by Gasteiger charge is 2.11. The van der Waals surface area contributed by atoms with E-state index in [9.17, 15) is 9.59 Å².